The van der Waals surface area contributed by atoms with Gasteiger partial charge in [0.2, 0.25) is 10.0 Å². The molecule has 1 saturated carbocycles. The molecule has 0 spiro atoms. The zero-order chi connectivity index (χ0) is 15.3. The molecular formula is C16H25NO3S. The fraction of sp³-hybridized carbons (Fsp3) is 0.625. The Morgan fingerprint density at radius 2 is 1.86 bits per heavy atom. The van der Waals surface area contributed by atoms with Gasteiger partial charge >= 0.3 is 0 Å². The highest BCUT2D eigenvalue weighted by atomic mass is 32.2. The fourth-order valence-corrected chi connectivity index (χ4v) is 3.52. The van der Waals surface area contributed by atoms with E-state index in [0.29, 0.717) is 6.61 Å². The first-order valence-electron chi connectivity index (χ1n) is 7.65. The van der Waals surface area contributed by atoms with Crippen molar-refractivity contribution in [2.75, 3.05) is 0 Å². The maximum Gasteiger partial charge on any atom is 0.214 e. The van der Waals surface area contributed by atoms with Gasteiger partial charge in [0, 0.05) is 6.04 Å². The van der Waals surface area contributed by atoms with Gasteiger partial charge in [-0.15, -0.1) is 0 Å². The van der Waals surface area contributed by atoms with Crippen LogP contribution in [-0.4, -0.2) is 25.8 Å². The molecule has 2 unspecified atom stereocenters. The van der Waals surface area contributed by atoms with Gasteiger partial charge in [0.05, 0.1) is 18.0 Å². The van der Waals surface area contributed by atoms with Gasteiger partial charge in [-0.1, -0.05) is 43.2 Å². The molecule has 1 fully saturated rings. The van der Waals surface area contributed by atoms with E-state index in [1.54, 1.807) is 13.8 Å². The molecule has 4 nitrogen and oxygen atoms in total. The Balaban J connectivity index is 1.96. The molecule has 21 heavy (non-hydrogen) atoms. The first-order chi connectivity index (χ1) is 9.99. The van der Waals surface area contributed by atoms with Crippen molar-refractivity contribution in [3.63, 3.8) is 0 Å². The number of ether oxygens (including phenoxy) is 1. The van der Waals surface area contributed by atoms with Crippen LogP contribution in [0.15, 0.2) is 30.3 Å². The average Bonchev–Trinajstić information content (AvgIpc) is 2.47. The van der Waals surface area contributed by atoms with E-state index in [9.17, 15) is 8.42 Å². The van der Waals surface area contributed by atoms with Crippen molar-refractivity contribution in [3.8, 4) is 0 Å². The van der Waals surface area contributed by atoms with Crippen LogP contribution < -0.4 is 4.72 Å². The molecular weight excluding hydrogens is 286 g/mol. The van der Waals surface area contributed by atoms with Crippen molar-refractivity contribution in [2.24, 2.45) is 0 Å². The third-order valence-corrected chi connectivity index (χ3v) is 5.82. The lowest BCUT2D eigenvalue weighted by Gasteiger charge is -2.32. The molecule has 0 radical (unpaired) electrons. The summed E-state index contributed by atoms with van der Waals surface area (Å²) in [5.41, 5.74) is 1.12. The van der Waals surface area contributed by atoms with E-state index in [-0.39, 0.29) is 12.1 Å². The number of hydrogen-bond acceptors (Lipinski definition) is 3. The molecule has 1 aliphatic carbocycles. The lowest BCUT2D eigenvalue weighted by atomic mass is 9.93. The largest absolute Gasteiger partial charge is 0.372 e. The van der Waals surface area contributed by atoms with E-state index >= 15 is 0 Å². The molecule has 1 aliphatic rings. The van der Waals surface area contributed by atoms with E-state index in [4.69, 9.17) is 4.74 Å². The van der Waals surface area contributed by atoms with Crippen LogP contribution in [0.1, 0.15) is 45.1 Å². The second-order valence-electron chi connectivity index (χ2n) is 5.94. The molecule has 0 aromatic heterocycles. The third-order valence-electron chi connectivity index (χ3n) is 3.95. The third kappa shape index (κ3) is 4.80. The highest BCUT2D eigenvalue weighted by molar-refractivity contribution is 7.90. The van der Waals surface area contributed by atoms with Gasteiger partial charge in [-0.05, 0) is 32.3 Å². The molecule has 0 aliphatic heterocycles. The van der Waals surface area contributed by atoms with Crippen molar-refractivity contribution in [2.45, 2.75) is 63.5 Å². The zero-order valence-electron chi connectivity index (χ0n) is 12.8. The van der Waals surface area contributed by atoms with Crippen LogP contribution in [0.2, 0.25) is 0 Å². The maximum atomic E-state index is 12.1. The SMILES string of the molecule is CC(C)S(=O)(=O)NC1CCCCC1OCc1ccccc1. The molecule has 1 aromatic carbocycles. The summed E-state index contributed by atoms with van der Waals surface area (Å²) in [5, 5.41) is -0.408. The normalized spacial score (nSPS) is 23.4. The van der Waals surface area contributed by atoms with Gasteiger partial charge in [-0.25, -0.2) is 13.1 Å². The second kappa shape index (κ2) is 7.38. The monoisotopic (exact) mass is 311 g/mol. The van der Waals surface area contributed by atoms with Crippen LogP contribution in [0.5, 0.6) is 0 Å². The second-order valence-corrected chi connectivity index (χ2v) is 8.21. The highest BCUT2D eigenvalue weighted by Crippen LogP contribution is 2.23. The molecule has 118 valence electrons. The first-order valence-corrected chi connectivity index (χ1v) is 9.20. The summed E-state index contributed by atoms with van der Waals surface area (Å²) in [5.74, 6) is 0. The predicted octanol–water partition coefficient (Wildman–Crippen LogP) is 2.84. The van der Waals surface area contributed by atoms with Crippen LogP contribution in [0.3, 0.4) is 0 Å². The topological polar surface area (TPSA) is 55.4 Å². The Labute approximate surface area is 127 Å². The standard InChI is InChI=1S/C16H25NO3S/c1-13(2)21(18,19)17-15-10-6-7-11-16(15)20-12-14-8-4-3-5-9-14/h3-5,8-9,13,15-17H,6-7,10-12H2,1-2H3. The molecule has 0 bridgehead atoms. The van der Waals surface area contributed by atoms with Gasteiger partial charge in [-0.3, -0.25) is 0 Å². The molecule has 2 atom stereocenters. The molecule has 1 N–H and O–H groups in total. The van der Waals surface area contributed by atoms with Crippen LogP contribution in [-0.2, 0) is 21.4 Å². The number of rotatable bonds is 6. The summed E-state index contributed by atoms with van der Waals surface area (Å²) in [6, 6.07) is 9.89. The van der Waals surface area contributed by atoms with E-state index in [2.05, 4.69) is 4.72 Å². The molecule has 2 rings (SSSR count). The van der Waals surface area contributed by atoms with Crippen LogP contribution in [0.4, 0.5) is 0 Å². The Bertz CT molecular complexity index is 528. The van der Waals surface area contributed by atoms with Crippen molar-refractivity contribution in [3.05, 3.63) is 35.9 Å². The minimum absolute atomic E-state index is 0.0347. The summed E-state index contributed by atoms with van der Waals surface area (Å²) in [6.45, 7) is 3.93. The van der Waals surface area contributed by atoms with Crippen molar-refractivity contribution >= 4 is 10.0 Å². The van der Waals surface area contributed by atoms with Crippen LogP contribution >= 0.6 is 0 Å². The van der Waals surface area contributed by atoms with E-state index in [0.717, 1.165) is 31.2 Å². The molecule has 1 aromatic rings. The summed E-state index contributed by atoms with van der Waals surface area (Å²) in [6.07, 6.45) is 3.88. The molecule has 0 heterocycles. The number of sulfonamides is 1. The van der Waals surface area contributed by atoms with Crippen molar-refractivity contribution in [1.82, 2.24) is 4.72 Å². The highest BCUT2D eigenvalue weighted by Gasteiger charge is 2.30. The summed E-state index contributed by atoms with van der Waals surface area (Å²) in [7, 11) is -3.24. The van der Waals surface area contributed by atoms with Crippen LogP contribution in [0, 0.1) is 0 Å². The number of hydrogen-bond donors (Lipinski definition) is 1. The summed E-state index contributed by atoms with van der Waals surface area (Å²) in [4.78, 5) is 0. The molecule has 0 saturated heterocycles. The Hall–Kier alpha value is -0.910. The van der Waals surface area contributed by atoms with Crippen molar-refractivity contribution < 1.29 is 13.2 Å². The van der Waals surface area contributed by atoms with E-state index < -0.39 is 15.3 Å². The number of nitrogens with one attached hydrogen (secondary N) is 1. The zero-order valence-corrected chi connectivity index (χ0v) is 13.6. The van der Waals surface area contributed by atoms with Crippen LogP contribution in [0.25, 0.3) is 0 Å². The van der Waals surface area contributed by atoms with Gasteiger partial charge < -0.3 is 4.74 Å². The van der Waals surface area contributed by atoms with Gasteiger partial charge in [0.1, 0.15) is 0 Å². The lowest BCUT2D eigenvalue weighted by Crippen LogP contribution is -2.48. The quantitative estimate of drug-likeness (QED) is 0.879. The smallest absolute Gasteiger partial charge is 0.214 e. The van der Waals surface area contributed by atoms with Gasteiger partial charge in [0.25, 0.3) is 0 Å². The Kier molecular flexibility index (Phi) is 5.79. The van der Waals surface area contributed by atoms with Gasteiger partial charge in [-0.2, -0.15) is 0 Å². The average molecular weight is 311 g/mol. The molecule has 5 heteroatoms. The lowest BCUT2D eigenvalue weighted by molar-refractivity contribution is -0.00000956. The Morgan fingerprint density at radius 1 is 1.19 bits per heavy atom. The minimum atomic E-state index is -3.24. The summed E-state index contributed by atoms with van der Waals surface area (Å²) >= 11 is 0. The first kappa shape index (κ1) is 16.5. The minimum Gasteiger partial charge on any atom is -0.372 e. The van der Waals surface area contributed by atoms with E-state index in [1.807, 2.05) is 30.3 Å². The summed E-state index contributed by atoms with van der Waals surface area (Å²) < 4.78 is 32.9. The maximum absolute atomic E-state index is 12.1. The van der Waals surface area contributed by atoms with Crippen molar-refractivity contribution in [1.29, 1.82) is 0 Å². The van der Waals surface area contributed by atoms with Gasteiger partial charge in [0.15, 0.2) is 0 Å². The van der Waals surface area contributed by atoms with E-state index in [1.165, 1.54) is 0 Å². The number of benzene rings is 1. The molecule has 0 amide bonds. The predicted molar refractivity (Wildman–Crippen MR) is 84.5 cm³/mol. The fourth-order valence-electron chi connectivity index (χ4n) is 2.56. The Morgan fingerprint density at radius 3 is 2.52 bits per heavy atom.